The van der Waals surface area contributed by atoms with E-state index in [1.54, 1.807) is 65.0 Å². The van der Waals surface area contributed by atoms with E-state index in [4.69, 9.17) is 17.2 Å². The maximum Gasteiger partial charge on any atom is 0.338 e. The number of Topliss-reactive ketones (excluding diaryl/α,β-unsaturated/α-hetero) is 8. The van der Waals surface area contributed by atoms with Crippen LogP contribution in [0.4, 0.5) is 0 Å². The number of benzene rings is 1. The number of aliphatic carboxylic acids is 1. The van der Waals surface area contributed by atoms with Crippen molar-refractivity contribution in [2.24, 2.45) is 70.5 Å². The maximum atomic E-state index is 15.2. The number of quaternary nitrogens is 3. The number of carbonyl (C=O) groups is 16. The van der Waals surface area contributed by atoms with Crippen molar-refractivity contribution in [1.29, 1.82) is 0 Å². The molecule has 19 atom stereocenters. The summed E-state index contributed by atoms with van der Waals surface area (Å²) in [6.45, 7) is 14.4. The summed E-state index contributed by atoms with van der Waals surface area (Å²) in [4.78, 5) is 229. The lowest BCUT2D eigenvalue weighted by Crippen LogP contribution is -2.78. The number of aliphatic hydroxyl groups excluding tert-OH is 3. The van der Waals surface area contributed by atoms with Crippen LogP contribution in [0.5, 0.6) is 0 Å². The van der Waals surface area contributed by atoms with Gasteiger partial charge in [0.2, 0.25) is 41.4 Å². The first-order valence-electron chi connectivity index (χ1n) is 45.1. The molecule has 3 rings (SSSR count). The molecule has 0 saturated carbocycles. The monoisotopic (exact) mass is 1750 g/mol. The van der Waals surface area contributed by atoms with Gasteiger partial charge in [0.25, 0.3) is 0 Å². The van der Waals surface area contributed by atoms with Crippen LogP contribution in [0, 0.1) is 53.3 Å². The Hall–Kier alpha value is -8.75. The van der Waals surface area contributed by atoms with Crippen LogP contribution in [-0.4, -0.2) is 234 Å². The Morgan fingerprint density at radius 2 is 0.952 bits per heavy atom. The first-order chi connectivity index (χ1) is 58.9. The highest BCUT2D eigenvalue weighted by Gasteiger charge is 2.43. The Morgan fingerprint density at radius 3 is 1.45 bits per heavy atom. The highest BCUT2D eigenvalue weighted by Crippen LogP contribution is 2.29. The number of carbonyl (C=O) groups excluding carboxylic acids is 16. The average Bonchev–Trinajstić information content (AvgIpc) is 1.19. The van der Waals surface area contributed by atoms with Crippen molar-refractivity contribution < 1.29 is 119 Å². The van der Waals surface area contributed by atoms with Crippen molar-refractivity contribution in [2.75, 3.05) is 52.5 Å². The van der Waals surface area contributed by atoms with Gasteiger partial charge in [0.15, 0.2) is 40.5 Å². The largest absolute Gasteiger partial charge is 0.550 e. The number of unbranched alkanes of at least 4 members (excludes halogenated alkanes) is 3. The summed E-state index contributed by atoms with van der Waals surface area (Å²) in [5, 5.41) is 69.6. The van der Waals surface area contributed by atoms with Gasteiger partial charge in [-0.1, -0.05) is 84.7 Å². The Morgan fingerprint density at radius 1 is 0.492 bits per heavy atom. The molecule has 2 aliphatic rings. The fourth-order valence-electron chi connectivity index (χ4n) is 15.9. The Kier molecular flexibility index (Phi) is 52.3. The van der Waals surface area contributed by atoms with Gasteiger partial charge >= 0.3 is 5.96 Å². The van der Waals surface area contributed by atoms with Gasteiger partial charge in [0.1, 0.15) is 30.0 Å². The van der Waals surface area contributed by atoms with Gasteiger partial charge in [0, 0.05) is 99.0 Å². The SMILES string of the molecule is CCC(C)C(CC(=O)C(CCCC[NH3+])NC(=O)C(CC(=O)C(NC(=O)C(N)CCC[NH+]=C(N)N)C(C)O)C1CCCN1)C(=O)NC(CO)C(=O)CC(CCCC[NH3+])C(=O)NC(C(=O)CC(C(=O)NC(CCCC[NH3+])C(=O)CC(Cc1ccccc1)C(=O)NC(CCC(=O)[O-])C(=O)CC(CC(C)C)C(=O)NC(CO)C(=O)CCC(C)=O)C(C)CC)C1CCCN1. The third-order valence-electron chi connectivity index (χ3n) is 24.0. The Bertz CT molecular complexity index is 3610. The summed E-state index contributed by atoms with van der Waals surface area (Å²) in [5.41, 5.74) is 29.5. The van der Waals surface area contributed by atoms with Crippen molar-refractivity contribution in [3.63, 3.8) is 0 Å². The number of ketones is 8. The van der Waals surface area contributed by atoms with Crippen LogP contribution in [0.25, 0.3) is 0 Å². The zero-order chi connectivity index (χ0) is 92.7. The van der Waals surface area contributed by atoms with E-state index in [0.717, 1.165) is 0 Å². The summed E-state index contributed by atoms with van der Waals surface area (Å²) < 4.78 is 0. The molecule has 0 bridgehead atoms. The van der Waals surface area contributed by atoms with Gasteiger partial charge in [0.05, 0.1) is 75.6 Å². The van der Waals surface area contributed by atoms with Crippen LogP contribution in [0.15, 0.2) is 30.3 Å². The molecule has 7 amide bonds. The van der Waals surface area contributed by atoms with E-state index >= 15 is 14.4 Å². The minimum atomic E-state index is -1.58. The average molecular weight is 1750 g/mol. The first-order valence-corrected chi connectivity index (χ1v) is 45.1. The molecule has 2 aliphatic heterocycles. The van der Waals surface area contributed by atoms with Crippen molar-refractivity contribution in [2.45, 2.75) is 308 Å². The van der Waals surface area contributed by atoms with Crippen molar-refractivity contribution in [1.82, 2.24) is 47.9 Å². The molecular weight excluding hydrogens is 1600 g/mol. The van der Waals surface area contributed by atoms with E-state index in [1.807, 2.05) is 6.92 Å². The predicted molar refractivity (Wildman–Crippen MR) is 459 cm³/mol. The first kappa shape index (κ1) is 109. The molecule has 2 fully saturated rings. The maximum absolute atomic E-state index is 15.2. The quantitative estimate of drug-likeness (QED) is 0.0165. The lowest BCUT2D eigenvalue weighted by molar-refractivity contribution is -0.459. The zero-order valence-electron chi connectivity index (χ0n) is 74.7. The summed E-state index contributed by atoms with van der Waals surface area (Å²) in [5.74, 6) is -19.2. The molecule has 124 heavy (non-hydrogen) atoms. The van der Waals surface area contributed by atoms with E-state index in [1.165, 1.54) is 13.8 Å². The molecular formula is C88H151N16O20+3. The van der Waals surface area contributed by atoms with E-state index in [9.17, 15) is 82.8 Å². The second-order valence-electron chi connectivity index (χ2n) is 34.6. The normalized spacial score (nSPS) is 18.0. The number of amides is 7. The second-order valence-corrected chi connectivity index (χ2v) is 34.6. The second kappa shape index (κ2) is 59.3. The smallest absolute Gasteiger partial charge is 0.338 e. The standard InChI is InChI=1S/C88H148N16O20/c1-9-52(5)60(46-75(113)66(28-16-19-37-91)100-86(123)62(64-29-21-38-95-64)48-76(114)79(55(8)108)103-87(124)63(92)26-20-40-97-88(93)94)85(122)102-70(50-106)74(112)43-57(25-14-17-35-89)81(118)104-80(68-30-22-39-96-68)77(115)47-61(53(6)10-2)84(121)99-65(27-15-18-36-90)72(110)45-59(42-56-23-12-11-13-24-56)83(120)98-67(32-34-78(116)117)73(111)44-58(41-51(3)4)82(119)101-69(49-105)71(109)33-31-54(7)107/h11-13,23-24,51-53,55,57-70,79-80,95-96,105-106,108H,9-10,14-22,25-50,89-92H2,1-8H3,(H,98,120)(H,99,121)(H,100,123)(H,101,119)(H,102,122)(H,103,124)(H,104,118)(H,116,117)(H4,93,94,97)/p+3. The Balaban J connectivity index is 1.96. The lowest BCUT2D eigenvalue weighted by atomic mass is 9.83. The van der Waals surface area contributed by atoms with Crippen LogP contribution in [0.3, 0.4) is 0 Å². The van der Waals surface area contributed by atoms with Gasteiger partial charge in [-0.15, -0.1) is 0 Å². The van der Waals surface area contributed by atoms with Gasteiger partial charge in [-0.3, -0.25) is 83.6 Å². The van der Waals surface area contributed by atoms with Crippen molar-refractivity contribution in [3.05, 3.63) is 35.9 Å². The van der Waals surface area contributed by atoms with Gasteiger partial charge in [-0.2, -0.15) is 0 Å². The number of carboxylic acids is 1. The number of rotatable bonds is 68. The van der Waals surface area contributed by atoms with Crippen LogP contribution in [0.1, 0.15) is 241 Å². The number of guanidine groups is 1. The van der Waals surface area contributed by atoms with Crippen LogP contribution < -0.4 is 92.4 Å². The molecule has 700 valence electrons. The third-order valence-corrected chi connectivity index (χ3v) is 24.0. The van der Waals surface area contributed by atoms with Crippen molar-refractivity contribution >= 4 is 99.5 Å². The summed E-state index contributed by atoms with van der Waals surface area (Å²) in [6.07, 6.45) is 1.03. The molecule has 36 heteroatoms. The molecule has 19 unspecified atom stereocenters. The lowest BCUT2D eigenvalue weighted by Gasteiger charge is -2.30. The summed E-state index contributed by atoms with van der Waals surface area (Å²) in [6, 6.07) is -3.16. The molecule has 0 spiro atoms. The molecule has 28 N–H and O–H groups in total. The molecule has 0 aliphatic carbocycles. The predicted octanol–water partition coefficient (Wildman–Crippen LogP) is -4.75. The highest BCUT2D eigenvalue weighted by molar-refractivity contribution is 6.01. The molecule has 1 aromatic carbocycles. The molecule has 2 heterocycles. The third kappa shape index (κ3) is 39.8. The molecule has 36 nitrogen and oxygen atoms in total. The number of hydrogen-bond acceptors (Lipinski definition) is 23. The van der Waals surface area contributed by atoms with Crippen LogP contribution in [-0.2, 0) is 83.1 Å². The van der Waals surface area contributed by atoms with E-state index < -0.39 is 266 Å². The number of carboxylic acid groups (broad SMARTS) is 1. The molecule has 2 saturated heterocycles. The summed E-state index contributed by atoms with van der Waals surface area (Å²) in [7, 11) is 0. The van der Waals surface area contributed by atoms with Gasteiger partial charge in [-0.05, 0) is 172 Å². The van der Waals surface area contributed by atoms with Gasteiger partial charge in [-0.25, -0.2) is 0 Å². The van der Waals surface area contributed by atoms with E-state index in [0.29, 0.717) is 128 Å². The van der Waals surface area contributed by atoms with Crippen LogP contribution in [0.2, 0.25) is 0 Å². The summed E-state index contributed by atoms with van der Waals surface area (Å²) >= 11 is 0. The van der Waals surface area contributed by atoms with Crippen molar-refractivity contribution in [3.8, 4) is 0 Å². The number of aliphatic hydroxyl groups is 3. The topological polar surface area (TPSA) is 640 Å². The highest BCUT2D eigenvalue weighted by atomic mass is 16.4. The molecule has 0 radical (unpaired) electrons. The van der Waals surface area contributed by atoms with E-state index in [-0.39, 0.29) is 69.0 Å². The van der Waals surface area contributed by atoms with Gasteiger partial charge < -0.3 is 101 Å². The van der Waals surface area contributed by atoms with Crippen LogP contribution >= 0.6 is 0 Å². The fraction of sp³-hybridized carbons (Fsp3) is 0.739. The minimum absolute atomic E-state index is 0.00700. The molecule has 0 aromatic heterocycles. The fourth-order valence-corrected chi connectivity index (χ4v) is 15.9. The van der Waals surface area contributed by atoms with E-state index in [2.05, 4.69) is 70.0 Å². The number of nitrogens with two attached hydrogens (primary N) is 3. The zero-order valence-corrected chi connectivity index (χ0v) is 74.7. The number of nitrogens with one attached hydrogen (secondary N) is 10. The number of hydrogen-bond donors (Lipinski definition) is 19. The minimum Gasteiger partial charge on any atom is -0.550 e. The molecule has 1 aromatic rings. The Labute approximate surface area is 730 Å².